The highest BCUT2D eigenvalue weighted by Crippen LogP contribution is 2.14. The minimum absolute atomic E-state index is 0. The number of methoxy groups -OCH3 is 1. The number of carbonyl (C=O) groups is 3. The maximum Gasteiger partial charge on any atom is 0.305 e. The van der Waals surface area contributed by atoms with Gasteiger partial charge < -0.3 is 25.3 Å². The molecule has 10 heteroatoms. The molecule has 2 rings (SSSR count). The molecule has 0 fully saturated rings. The number of benzene rings is 2. The Morgan fingerprint density at radius 2 is 1.61 bits per heavy atom. The lowest BCUT2D eigenvalue weighted by molar-refractivity contribution is -0.143. The van der Waals surface area contributed by atoms with E-state index in [4.69, 9.17) is 19.9 Å². The molecular weight excluding hydrogens is 503 g/mol. The second-order valence-electron chi connectivity index (χ2n) is 8.24. The van der Waals surface area contributed by atoms with Crippen LogP contribution in [0, 0.1) is 0 Å². The summed E-state index contributed by atoms with van der Waals surface area (Å²) in [5.41, 5.74) is 8.13. The van der Waals surface area contributed by atoms with Crippen molar-refractivity contribution in [3.05, 3.63) is 59.7 Å². The standard InChI is InChI=1S/C24H32N2O5.C4H8OS.B/c1-3-30-23(27)5-4-16-31-21-12-8-19(9-13-21)17-22(25)24(28)26-15-14-18-6-10-20(29-2)11-7-18;1-4(5)3-6-2;/h6-13,22H,3-5,14-17,25H2,1-2H3,(H,26,28);3H2,1-2H3;/t22-;;/m0../s1. The Kier molecular flexibility index (Phi) is 19.4. The predicted molar refractivity (Wildman–Crippen MR) is 154 cm³/mol. The van der Waals surface area contributed by atoms with E-state index in [1.165, 1.54) is 0 Å². The molecule has 0 bridgehead atoms. The molecule has 1 atom stereocenters. The van der Waals surface area contributed by atoms with Gasteiger partial charge in [0, 0.05) is 21.4 Å². The van der Waals surface area contributed by atoms with Crippen LogP contribution in [-0.2, 0) is 32.0 Å². The van der Waals surface area contributed by atoms with Crippen LogP contribution >= 0.6 is 11.8 Å². The summed E-state index contributed by atoms with van der Waals surface area (Å²) in [7, 11) is 1.63. The van der Waals surface area contributed by atoms with E-state index in [0.717, 1.165) is 23.3 Å². The van der Waals surface area contributed by atoms with Crippen molar-refractivity contribution in [1.29, 1.82) is 0 Å². The number of hydrogen-bond donors (Lipinski definition) is 2. The van der Waals surface area contributed by atoms with Gasteiger partial charge in [-0.05, 0) is 74.8 Å². The number of rotatable bonds is 15. The van der Waals surface area contributed by atoms with Crippen LogP contribution in [0.4, 0.5) is 0 Å². The normalized spacial score (nSPS) is 10.7. The molecule has 8 nitrogen and oxygen atoms in total. The van der Waals surface area contributed by atoms with E-state index in [2.05, 4.69) is 5.32 Å². The summed E-state index contributed by atoms with van der Waals surface area (Å²) in [5, 5.41) is 2.89. The summed E-state index contributed by atoms with van der Waals surface area (Å²) < 4.78 is 15.6. The van der Waals surface area contributed by atoms with Crippen molar-refractivity contribution in [2.75, 3.05) is 38.9 Å². The van der Waals surface area contributed by atoms with Gasteiger partial charge in [-0.15, -0.1) is 0 Å². The number of amides is 1. The van der Waals surface area contributed by atoms with Crippen molar-refractivity contribution >= 4 is 37.8 Å². The van der Waals surface area contributed by atoms with Crippen LogP contribution in [0.1, 0.15) is 37.8 Å². The molecule has 1 amide bonds. The van der Waals surface area contributed by atoms with Crippen LogP contribution in [0.15, 0.2) is 48.5 Å². The number of nitrogens with one attached hydrogen (secondary N) is 1. The molecule has 2 aromatic carbocycles. The maximum atomic E-state index is 12.3. The maximum absolute atomic E-state index is 12.3. The van der Waals surface area contributed by atoms with E-state index in [-0.39, 0.29) is 26.1 Å². The minimum Gasteiger partial charge on any atom is -0.497 e. The van der Waals surface area contributed by atoms with Crippen molar-refractivity contribution in [2.45, 2.75) is 45.6 Å². The first kappa shape index (κ1) is 35.0. The van der Waals surface area contributed by atoms with E-state index in [1.807, 2.05) is 54.8 Å². The summed E-state index contributed by atoms with van der Waals surface area (Å²) in [6.45, 7) is 4.74. The second kappa shape index (κ2) is 21.0. The zero-order valence-corrected chi connectivity index (χ0v) is 23.7. The van der Waals surface area contributed by atoms with Crippen LogP contribution in [-0.4, -0.2) is 71.0 Å². The number of hydrogen-bond acceptors (Lipinski definition) is 8. The fourth-order valence-electron chi connectivity index (χ4n) is 3.16. The van der Waals surface area contributed by atoms with Crippen LogP contribution in [0.25, 0.3) is 0 Å². The molecule has 0 saturated carbocycles. The first-order chi connectivity index (χ1) is 17.8. The lowest BCUT2D eigenvalue weighted by atomic mass is 10.1. The SMILES string of the molecule is CCOC(=O)CCCOc1ccc(C[C@H](N)C(=O)NCCc2ccc(OC)cc2)cc1.CSCC(C)=O.[B]. The number of esters is 1. The number of carbonyl (C=O) groups excluding carboxylic acids is 3. The largest absolute Gasteiger partial charge is 0.497 e. The summed E-state index contributed by atoms with van der Waals surface area (Å²) in [4.78, 5) is 33.6. The Hall–Kier alpha value is -2.98. The lowest BCUT2D eigenvalue weighted by Gasteiger charge is -2.13. The summed E-state index contributed by atoms with van der Waals surface area (Å²) in [6.07, 6.45) is 4.03. The molecule has 0 unspecified atom stereocenters. The van der Waals surface area contributed by atoms with Crippen LogP contribution < -0.4 is 20.5 Å². The zero-order chi connectivity index (χ0) is 27.5. The molecule has 0 aliphatic rings. The highest BCUT2D eigenvalue weighted by atomic mass is 32.2. The first-order valence-electron chi connectivity index (χ1n) is 12.3. The molecular formula is C28H40BN2O6S. The van der Waals surface area contributed by atoms with Gasteiger partial charge in [-0.3, -0.25) is 14.4 Å². The smallest absolute Gasteiger partial charge is 0.305 e. The van der Waals surface area contributed by atoms with Crippen molar-refractivity contribution in [3.63, 3.8) is 0 Å². The van der Waals surface area contributed by atoms with Crippen molar-refractivity contribution in [3.8, 4) is 11.5 Å². The highest BCUT2D eigenvalue weighted by Gasteiger charge is 2.13. The summed E-state index contributed by atoms with van der Waals surface area (Å²) in [6, 6.07) is 14.6. The molecule has 3 radical (unpaired) electrons. The van der Waals surface area contributed by atoms with Gasteiger partial charge in [0.2, 0.25) is 5.91 Å². The molecule has 0 saturated heterocycles. The third-order valence-electron chi connectivity index (χ3n) is 5.03. The molecule has 0 aliphatic heterocycles. The monoisotopic (exact) mass is 543 g/mol. The lowest BCUT2D eigenvalue weighted by Crippen LogP contribution is -2.42. The Morgan fingerprint density at radius 3 is 2.13 bits per heavy atom. The van der Waals surface area contributed by atoms with E-state index in [1.54, 1.807) is 32.7 Å². The minimum atomic E-state index is -0.618. The first-order valence-corrected chi connectivity index (χ1v) is 13.7. The number of ether oxygens (including phenoxy) is 3. The van der Waals surface area contributed by atoms with E-state index < -0.39 is 6.04 Å². The van der Waals surface area contributed by atoms with Gasteiger partial charge in [-0.1, -0.05) is 24.3 Å². The van der Waals surface area contributed by atoms with Gasteiger partial charge in [0.25, 0.3) is 0 Å². The van der Waals surface area contributed by atoms with Gasteiger partial charge >= 0.3 is 5.97 Å². The number of Topliss-reactive ketones (excluding diaryl/α,β-unsaturated/α-hetero) is 1. The molecule has 0 aromatic heterocycles. The molecule has 207 valence electrons. The van der Waals surface area contributed by atoms with Gasteiger partial charge in [0.1, 0.15) is 17.3 Å². The fraction of sp³-hybridized carbons (Fsp3) is 0.464. The third-order valence-corrected chi connectivity index (χ3v) is 5.73. The van der Waals surface area contributed by atoms with Crippen LogP contribution in [0.3, 0.4) is 0 Å². The van der Waals surface area contributed by atoms with Gasteiger partial charge in [0.05, 0.1) is 32.1 Å². The topological polar surface area (TPSA) is 117 Å². The van der Waals surface area contributed by atoms with Gasteiger partial charge in [0.15, 0.2) is 0 Å². The van der Waals surface area contributed by atoms with E-state index in [9.17, 15) is 14.4 Å². The van der Waals surface area contributed by atoms with Gasteiger partial charge in [-0.25, -0.2) is 0 Å². The number of ketones is 1. The fourth-order valence-corrected chi connectivity index (χ4v) is 3.57. The summed E-state index contributed by atoms with van der Waals surface area (Å²) >= 11 is 1.56. The Bertz CT molecular complexity index is 941. The van der Waals surface area contributed by atoms with Crippen LogP contribution in [0.5, 0.6) is 11.5 Å². The average Bonchev–Trinajstić information content (AvgIpc) is 2.88. The van der Waals surface area contributed by atoms with Crippen LogP contribution in [0.2, 0.25) is 0 Å². The Morgan fingerprint density at radius 1 is 1.00 bits per heavy atom. The molecule has 2 aromatic rings. The Labute approximate surface area is 232 Å². The van der Waals surface area contributed by atoms with Crippen molar-refractivity contribution in [1.82, 2.24) is 5.32 Å². The number of thioether (sulfide) groups is 1. The van der Waals surface area contributed by atoms with Gasteiger partial charge in [-0.2, -0.15) is 11.8 Å². The third kappa shape index (κ3) is 16.0. The van der Waals surface area contributed by atoms with E-state index in [0.29, 0.717) is 50.5 Å². The molecule has 38 heavy (non-hydrogen) atoms. The molecule has 0 heterocycles. The molecule has 0 aliphatic carbocycles. The van der Waals surface area contributed by atoms with Crippen molar-refractivity contribution in [2.24, 2.45) is 5.73 Å². The average molecular weight is 544 g/mol. The molecule has 3 N–H and O–H groups in total. The number of nitrogens with two attached hydrogens (primary N) is 1. The Balaban J connectivity index is 0.00000175. The quantitative estimate of drug-likeness (QED) is 0.200. The second-order valence-corrected chi connectivity index (χ2v) is 9.10. The van der Waals surface area contributed by atoms with Crippen molar-refractivity contribution < 1.29 is 28.6 Å². The zero-order valence-electron chi connectivity index (χ0n) is 22.9. The highest BCUT2D eigenvalue weighted by molar-refractivity contribution is 7.99. The summed E-state index contributed by atoms with van der Waals surface area (Å²) in [5.74, 6) is 2.04. The molecule has 0 spiro atoms. The predicted octanol–water partition coefficient (Wildman–Crippen LogP) is 3.20. The van der Waals surface area contributed by atoms with E-state index >= 15 is 0 Å².